The van der Waals surface area contributed by atoms with Crippen LogP contribution in [0.1, 0.15) is 18.4 Å². The summed E-state index contributed by atoms with van der Waals surface area (Å²) in [6, 6.07) is 15.6. The number of carbonyl (C=O) groups is 1. The van der Waals surface area contributed by atoms with Crippen molar-refractivity contribution in [2.75, 3.05) is 18.5 Å². The van der Waals surface area contributed by atoms with Gasteiger partial charge in [-0.25, -0.2) is 0 Å². The second-order valence-electron chi connectivity index (χ2n) is 5.92. The van der Waals surface area contributed by atoms with Gasteiger partial charge < -0.3 is 20.8 Å². The molecule has 0 spiro atoms. The van der Waals surface area contributed by atoms with Crippen molar-refractivity contribution in [3.05, 3.63) is 60.3 Å². The second-order valence-corrected chi connectivity index (χ2v) is 5.92. The van der Waals surface area contributed by atoms with E-state index in [9.17, 15) is 4.79 Å². The largest absolute Gasteiger partial charge is 0.492 e. The predicted octanol–water partition coefficient (Wildman–Crippen LogP) is 3.89. The zero-order valence-corrected chi connectivity index (χ0v) is 15.4. The molecule has 0 unspecified atom stereocenters. The van der Waals surface area contributed by atoms with Crippen LogP contribution < -0.4 is 15.8 Å². The molecule has 138 valence electrons. The Kier molecular flexibility index (Phi) is 7.51. The molecule has 26 heavy (non-hydrogen) atoms. The smallest absolute Gasteiger partial charge is 0.224 e. The van der Waals surface area contributed by atoms with Crippen molar-refractivity contribution in [3.63, 3.8) is 0 Å². The quantitative estimate of drug-likeness (QED) is 0.560. The maximum absolute atomic E-state index is 12.1. The zero-order valence-electron chi connectivity index (χ0n) is 14.5. The highest BCUT2D eigenvalue weighted by Crippen LogP contribution is 2.20. The first-order valence-corrected chi connectivity index (χ1v) is 8.54. The van der Waals surface area contributed by atoms with Crippen LogP contribution in [0.15, 0.2) is 54.7 Å². The van der Waals surface area contributed by atoms with Gasteiger partial charge in [0, 0.05) is 35.8 Å². The summed E-state index contributed by atoms with van der Waals surface area (Å²) < 4.78 is 5.42. The number of aryl methyl sites for hydroxylation is 1. The van der Waals surface area contributed by atoms with E-state index in [2.05, 4.69) is 22.4 Å². The van der Waals surface area contributed by atoms with Crippen molar-refractivity contribution in [3.8, 4) is 5.75 Å². The number of nitrogens with one attached hydrogen (secondary N) is 2. The molecule has 0 atom stereocenters. The summed E-state index contributed by atoms with van der Waals surface area (Å²) in [4.78, 5) is 15.4. The van der Waals surface area contributed by atoms with Gasteiger partial charge in [0.1, 0.15) is 12.4 Å². The van der Waals surface area contributed by atoms with Crippen LogP contribution in [0.2, 0.25) is 0 Å². The summed E-state index contributed by atoms with van der Waals surface area (Å²) in [7, 11) is 0. The minimum atomic E-state index is 0. The Morgan fingerprint density at radius 1 is 1.12 bits per heavy atom. The van der Waals surface area contributed by atoms with E-state index in [1.807, 2.05) is 42.6 Å². The Bertz CT molecular complexity index is 830. The number of rotatable bonds is 8. The molecule has 0 aliphatic heterocycles. The molecule has 0 aliphatic rings. The van der Waals surface area contributed by atoms with Crippen LogP contribution in [0.5, 0.6) is 5.75 Å². The number of aromatic nitrogens is 1. The van der Waals surface area contributed by atoms with E-state index >= 15 is 0 Å². The van der Waals surface area contributed by atoms with Gasteiger partial charge in [0.25, 0.3) is 0 Å². The Morgan fingerprint density at radius 3 is 2.65 bits per heavy atom. The normalized spacial score (nSPS) is 10.3. The average molecular weight is 374 g/mol. The fourth-order valence-corrected chi connectivity index (χ4v) is 2.81. The molecule has 6 heteroatoms. The monoisotopic (exact) mass is 373 g/mol. The zero-order chi connectivity index (χ0) is 17.5. The number of nitrogens with two attached hydrogens (primary N) is 1. The number of halogens is 1. The third kappa shape index (κ3) is 5.25. The van der Waals surface area contributed by atoms with Crippen LogP contribution >= 0.6 is 12.4 Å². The number of aromatic amines is 1. The van der Waals surface area contributed by atoms with Gasteiger partial charge in [-0.05, 0) is 48.7 Å². The van der Waals surface area contributed by atoms with Crippen molar-refractivity contribution in [2.45, 2.75) is 19.3 Å². The lowest BCUT2D eigenvalue weighted by Gasteiger charge is -2.07. The third-order valence-corrected chi connectivity index (χ3v) is 4.05. The number of H-pyrrole nitrogens is 1. The first-order valence-electron chi connectivity index (χ1n) is 8.54. The van der Waals surface area contributed by atoms with Crippen LogP contribution in [0.4, 0.5) is 5.69 Å². The predicted molar refractivity (Wildman–Crippen MR) is 108 cm³/mol. The number of para-hydroxylation sites is 1. The maximum atomic E-state index is 12.1. The van der Waals surface area contributed by atoms with E-state index in [4.69, 9.17) is 10.5 Å². The maximum Gasteiger partial charge on any atom is 0.224 e. The van der Waals surface area contributed by atoms with Gasteiger partial charge in [-0.1, -0.05) is 18.2 Å². The average Bonchev–Trinajstić information content (AvgIpc) is 3.04. The van der Waals surface area contributed by atoms with Crippen LogP contribution in [-0.4, -0.2) is 24.0 Å². The number of fused-ring (bicyclic) bond motifs is 1. The molecular formula is C20H24ClN3O2. The van der Waals surface area contributed by atoms with E-state index in [1.165, 1.54) is 10.9 Å². The lowest BCUT2D eigenvalue weighted by molar-refractivity contribution is -0.116. The minimum Gasteiger partial charge on any atom is -0.492 e. The van der Waals surface area contributed by atoms with E-state index < -0.39 is 0 Å². The number of amides is 1. The molecule has 1 aromatic heterocycles. The molecule has 0 radical (unpaired) electrons. The number of hydrogen-bond donors (Lipinski definition) is 3. The molecule has 0 fully saturated rings. The fraction of sp³-hybridized carbons (Fsp3) is 0.250. The Labute approximate surface area is 159 Å². The highest BCUT2D eigenvalue weighted by molar-refractivity contribution is 5.90. The number of hydrogen-bond acceptors (Lipinski definition) is 3. The van der Waals surface area contributed by atoms with Crippen molar-refractivity contribution in [2.24, 2.45) is 5.73 Å². The van der Waals surface area contributed by atoms with Crippen molar-refractivity contribution >= 4 is 34.9 Å². The molecule has 0 saturated carbocycles. The summed E-state index contributed by atoms with van der Waals surface area (Å²) in [5.74, 6) is 0.776. The number of ether oxygens (including phenoxy) is 1. The Balaban J connectivity index is 0.00000243. The van der Waals surface area contributed by atoms with Gasteiger partial charge >= 0.3 is 0 Å². The summed E-state index contributed by atoms with van der Waals surface area (Å²) in [6.45, 7) is 0.967. The molecule has 5 nitrogen and oxygen atoms in total. The molecule has 3 aromatic rings. The van der Waals surface area contributed by atoms with Crippen molar-refractivity contribution in [1.82, 2.24) is 4.98 Å². The number of carbonyl (C=O) groups excluding carboxylic acids is 1. The first kappa shape index (κ1) is 19.8. The van der Waals surface area contributed by atoms with Gasteiger partial charge in [0.05, 0.1) is 0 Å². The Hall–Kier alpha value is -2.50. The molecule has 3 rings (SSSR count). The summed E-state index contributed by atoms with van der Waals surface area (Å²) >= 11 is 0. The minimum absolute atomic E-state index is 0. The summed E-state index contributed by atoms with van der Waals surface area (Å²) in [5, 5.41) is 4.15. The SMILES string of the molecule is Cl.NCCOc1ccc(NC(=O)CCCc2c[nH]c3ccccc23)cc1. The number of benzene rings is 2. The van der Waals surface area contributed by atoms with E-state index in [1.54, 1.807) is 0 Å². The van der Waals surface area contributed by atoms with Crippen molar-refractivity contribution in [1.29, 1.82) is 0 Å². The van der Waals surface area contributed by atoms with E-state index in [0.717, 1.165) is 29.8 Å². The number of anilines is 1. The van der Waals surface area contributed by atoms with Gasteiger partial charge in [0.2, 0.25) is 5.91 Å². The van der Waals surface area contributed by atoms with E-state index in [0.29, 0.717) is 19.6 Å². The molecule has 4 N–H and O–H groups in total. The molecule has 0 aliphatic carbocycles. The fourth-order valence-electron chi connectivity index (χ4n) is 2.81. The van der Waals surface area contributed by atoms with Crippen LogP contribution in [0.25, 0.3) is 10.9 Å². The summed E-state index contributed by atoms with van der Waals surface area (Å²) in [6.07, 6.45) is 4.21. The van der Waals surface area contributed by atoms with Crippen LogP contribution in [-0.2, 0) is 11.2 Å². The van der Waals surface area contributed by atoms with E-state index in [-0.39, 0.29) is 18.3 Å². The van der Waals surface area contributed by atoms with Gasteiger partial charge in [0.15, 0.2) is 0 Å². The summed E-state index contributed by atoms with van der Waals surface area (Å²) in [5.41, 5.74) is 8.57. The molecule has 0 bridgehead atoms. The van der Waals surface area contributed by atoms with Crippen LogP contribution in [0, 0.1) is 0 Å². The third-order valence-electron chi connectivity index (χ3n) is 4.05. The van der Waals surface area contributed by atoms with Gasteiger partial charge in [-0.15, -0.1) is 12.4 Å². The topological polar surface area (TPSA) is 80.1 Å². The highest BCUT2D eigenvalue weighted by Gasteiger charge is 2.06. The van der Waals surface area contributed by atoms with Gasteiger partial charge in [-0.2, -0.15) is 0 Å². The molecule has 2 aromatic carbocycles. The highest BCUT2D eigenvalue weighted by atomic mass is 35.5. The van der Waals surface area contributed by atoms with Gasteiger partial charge in [-0.3, -0.25) is 4.79 Å². The molecule has 1 amide bonds. The first-order chi connectivity index (χ1) is 12.3. The lowest BCUT2D eigenvalue weighted by atomic mass is 10.1. The molecule has 1 heterocycles. The van der Waals surface area contributed by atoms with Crippen LogP contribution in [0.3, 0.4) is 0 Å². The Morgan fingerprint density at radius 2 is 1.88 bits per heavy atom. The molecule has 0 saturated heterocycles. The molecular weight excluding hydrogens is 350 g/mol. The second kappa shape index (κ2) is 9.85. The lowest BCUT2D eigenvalue weighted by Crippen LogP contribution is -2.12. The van der Waals surface area contributed by atoms with Crippen molar-refractivity contribution < 1.29 is 9.53 Å². The standard InChI is InChI=1S/C20H23N3O2.ClH/c21-12-13-25-17-10-8-16(9-11-17)23-20(24)7-3-4-15-14-22-19-6-2-1-5-18(15)19;/h1-2,5-6,8-11,14,22H,3-4,7,12-13,21H2,(H,23,24);1H.